The third kappa shape index (κ3) is 5.18. The molecule has 0 aliphatic carbocycles. The normalized spacial score (nSPS) is 12.0. The molecule has 19 heavy (non-hydrogen) atoms. The first-order valence-electron chi connectivity index (χ1n) is 5.91. The largest absolute Gasteiger partial charge is 0.481 e. The lowest BCUT2D eigenvalue weighted by molar-refractivity contribution is -0.127. The Labute approximate surface area is 121 Å². The molecule has 0 spiro atoms. The van der Waals surface area contributed by atoms with Crippen molar-refractivity contribution in [3.8, 4) is 5.75 Å². The molecule has 1 aromatic rings. The summed E-state index contributed by atoms with van der Waals surface area (Å²) in [5, 5.41) is 11.9. The maximum Gasteiger partial charge on any atom is 0.260 e. The summed E-state index contributed by atoms with van der Waals surface area (Å²) >= 11 is 3.31. The molecule has 1 unspecified atom stereocenters. The zero-order valence-electron chi connectivity index (χ0n) is 11.0. The minimum atomic E-state index is -0.636. The number of hydrogen-bond acceptors (Lipinski definition) is 4. The van der Waals surface area contributed by atoms with Gasteiger partial charge in [-0.2, -0.15) is 0 Å². The van der Waals surface area contributed by atoms with Crippen LogP contribution >= 0.6 is 15.9 Å². The molecule has 1 rings (SSSR count). The lowest BCUT2D eigenvalue weighted by Gasteiger charge is -2.16. The van der Waals surface area contributed by atoms with E-state index in [1.54, 1.807) is 32.2 Å². The van der Waals surface area contributed by atoms with E-state index < -0.39 is 6.10 Å². The van der Waals surface area contributed by atoms with Gasteiger partial charge in [-0.25, -0.2) is 0 Å². The Bertz CT molecular complexity index is 425. The van der Waals surface area contributed by atoms with Crippen LogP contribution in [0, 0.1) is 0 Å². The highest BCUT2D eigenvalue weighted by molar-refractivity contribution is 9.10. The maximum atomic E-state index is 11.7. The number of aliphatic hydroxyl groups excluding tert-OH is 1. The minimum Gasteiger partial charge on any atom is -0.481 e. The standard InChI is InChI=1S/C13H18BrNO4/c1-9(13(17)15-5-6-18-2)19-12-4-3-11(14)7-10(12)8-16/h3-4,7,9,16H,5-6,8H2,1-2H3,(H,15,17). The monoisotopic (exact) mass is 331 g/mol. The molecule has 106 valence electrons. The van der Waals surface area contributed by atoms with Gasteiger partial charge in [0.15, 0.2) is 6.10 Å². The number of benzene rings is 1. The number of methoxy groups -OCH3 is 1. The number of aliphatic hydroxyl groups is 1. The van der Waals surface area contributed by atoms with Crippen LogP contribution < -0.4 is 10.1 Å². The molecule has 1 atom stereocenters. The Kier molecular flexibility index (Phi) is 6.83. The first kappa shape index (κ1) is 15.9. The molecule has 0 saturated carbocycles. The smallest absolute Gasteiger partial charge is 0.260 e. The Morgan fingerprint density at radius 2 is 2.26 bits per heavy atom. The predicted octanol–water partition coefficient (Wildman–Crippen LogP) is 1.47. The van der Waals surface area contributed by atoms with E-state index in [4.69, 9.17) is 9.47 Å². The van der Waals surface area contributed by atoms with Gasteiger partial charge in [-0.3, -0.25) is 4.79 Å². The van der Waals surface area contributed by atoms with Gasteiger partial charge < -0.3 is 19.9 Å². The summed E-state index contributed by atoms with van der Waals surface area (Å²) in [5.74, 6) is 0.281. The molecule has 0 fully saturated rings. The lowest BCUT2D eigenvalue weighted by Crippen LogP contribution is -2.38. The van der Waals surface area contributed by atoms with Crippen molar-refractivity contribution in [2.24, 2.45) is 0 Å². The molecule has 0 aliphatic rings. The summed E-state index contributed by atoms with van der Waals surface area (Å²) in [6, 6.07) is 5.27. The molecule has 0 bridgehead atoms. The quantitative estimate of drug-likeness (QED) is 0.742. The third-order valence-corrected chi connectivity index (χ3v) is 2.96. The molecule has 0 saturated heterocycles. The molecule has 0 heterocycles. The predicted molar refractivity (Wildman–Crippen MR) is 75.0 cm³/mol. The van der Waals surface area contributed by atoms with Crippen LogP contribution in [-0.2, 0) is 16.1 Å². The highest BCUT2D eigenvalue weighted by atomic mass is 79.9. The van der Waals surface area contributed by atoms with Crippen molar-refractivity contribution in [1.29, 1.82) is 0 Å². The summed E-state index contributed by atoms with van der Waals surface area (Å²) in [5.41, 5.74) is 0.630. The van der Waals surface area contributed by atoms with E-state index in [0.717, 1.165) is 4.47 Å². The maximum absolute atomic E-state index is 11.7. The summed E-state index contributed by atoms with van der Waals surface area (Å²) in [7, 11) is 1.57. The fourth-order valence-electron chi connectivity index (χ4n) is 1.45. The lowest BCUT2D eigenvalue weighted by atomic mass is 10.2. The van der Waals surface area contributed by atoms with Crippen LogP contribution in [0.4, 0.5) is 0 Å². The van der Waals surface area contributed by atoms with E-state index in [-0.39, 0.29) is 12.5 Å². The Morgan fingerprint density at radius 3 is 2.89 bits per heavy atom. The molecule has 0 radical (unpaired) electrons. The molecule has 0 aliphatic heterocycles. The summed E-state index contributed by atoms with van der Waals surface area (Å²) < 4.78 is 11.2. The van der Waals surface area contributed by atoms with Gasteiger partial charge in [-0.15, -0.1) is 0 Å². The van der Waals surface area contributed by atoms with E-state index >= 15 is 0 Å². The SMILES string of the molecule is COCCNC(=O)C(C)Oc1ccc(Br)cc1CO. The van der Waals surface area contributed by atoms with Crippen LogP contribution in [0.2, 0.25) is 0 Å². The van der Waals surface area contributed by atoms with Crippen molar-refractivity contribution in [1.82, 2.24) is 5.32 Å². The van der Waals surface area contributed by atoms with Crippen molar-refractivity contribution < 1.29 is 19.4 Å². The molecule has 1 aromatic carbocycles. The summed E-state index contributed by atoms with van der Waals surface area (Å²) in [6.45, 7) is 2.41. The second kappa shape index (κ2) is 8.14. The number of halogens is 1. The molecular weight excluding hydrogens is 314 g/mol. The molecule has 5 nitrogen and oxygen atoms in total. The van der Waals surface area contributed by atoms with Crippen LogP contribution in [0.5, 0.6) is 5.75 Å². The van der Waals surface area contributed by atoms with Crippen molar-refractivity contribution >= 4 is 21.8 Å². The van der Waals surface area contributed by atoms with Crippen LogP contribution in [0.15, 0.2) is 22.7 Å². The van der Waals surface area contributed by atoms with Gasteiger partial charge in [0.25, 0.3) is 5.91 Å². The number of ether oxygens (including phenoxy) is 2. The zero-order valence-corrected chi connectivity index (χ0v) is 12.6. The second-order valence-corrected chi connectivity index (χ2v) is 4.87. The van der Waals surface area contributed by atoms with E-state index in [2.05, 4.69) is 21.2 Å². The Balaban J connectivity index is 2.60. The number of hydrogen-bond donors (Lipinski definition) is 2. The van der Waals surface area contributed by atoms with Crippen molar-refractivity contribution in [3.05, 3.63) is 28.2 Å². The van der Waals surface area contributed by atoms with Gasteiger partial charge >= 0.3 is 0 Å². The van der Waals surface area contributed by atoms with Gasteiger partial charge in [0.05, 0.1) is 13.2 Å². The zero-order chi connectivity index (χ0) is 14.3. The molecule has 2 N–H and O–H groups in total. The first-order chi connectivity index (χ1) is 9.08. The average molecular weight is 332 g/mol. The molecule has 0 aromatic heterocycles. The summed E-state index contributed by atoms with van der Waals surface area (Å²) in [6.07, 6.45) is -0.636. The molecular formula is C13H18BrNO4. The van der Waals surface area contributed by atoms with Gasteiger partial charge in [0.2, 0.25) is 0 Å². The number of amides is 1. The van der Waals surface area contributed by atoms with Gasteiger partial charge in [0.1, 0.15) is 5.75 Å². The van der Waals surface area contributed by atoms with E-state index in [1.807, 2.05) is 0 Å². The fraction of sp³-hybridized carbons (Fsp3) is 0.462. The van der Waals surface area contributed by atoms with Crippen molar-refractivity contribution in [2.45, 2.75) is 19.6 Å². The first-order valence-corrected chi connectivity index (χ1v) is 6.70. The fourth-order valence-corrected chi connectivity index (χ4v) is 1.86. The van der Waals surface area contributed by atoms with E-state index in [0.29, 0.717) is 24.5 Å². The van der Waals surface area contributed by atoms with Crippen LogP contribution in [0.1, 0.15) is 12.5 Å². The minimum absolute atomic E-state index is 0.146. The van der Waals surface area contributed by atoms with Crippen LogP contribution in [-0.4, -0.2) is 37.4 Å². The topological polar surface area (TPSA) is 67.8 Å². The summed E-state index contributed by atoms with van der Waals surface area (Å²) in [4.78, 5) is 11.7. The molecule has 6 heteroatoms. The second-order valence-electron chi connectivity index (χ2n) is 3.95. The third-order valence-electron chi connectivity index (χ3n) is 2.47. The van der Waals surface area contributed by atoms with Crippen LogP contribution in [0.25, 0.3) is 0 Å². The highest BCUT2D eigenvalue weighted by Crippen LogP contribution is 2.24. The Morgan fingerprint density at radius 1 is 1.53 bits per heavy atom. The number of rotatable bonds is 7. The van der Waals surface area contributed by atoms with E-state index in [1.165, 1.54) is 0 Å². The number of nitrogens with one attached hydrogen (secondary N) is 1. The van der Waals surface area contributed by atoms with E-state index in [9.17, 15) is 9.90 Å². The van der Waals surface area contributed by atoms with Crippen molar-refractivity contribution in [2.75, 3.05) is 20.3 Å². The number of carbonyl (C=O) groups excluding carboxylic acids is 1. The highest BCUT2D eigenvalue weighted by Gasteiger charge is 2.15. The number of carbonyl (C=O) groups is 1. The van der Waals surface area contributed by atoms with Gasteiger partial charge in [-0.1, -0.05) is 15.9 Å². The van der Waals surface area contributed by atoms with Gasteiger partial charge in [0, 0.05) is 23.7 Å². The van der Waals surface area contributed by atoms with Crippen LogP contribution in [0.3, 0.4) is 0 Å². The average Bonchev–Trinajstić information content (AvgIpc) is 2.40. The van der Waals surface area contributed by atoms with Crippen molar-refractivity contribution in [3.63, 3.8) is 0 Å². The van der Waals surface area contributed by atoms with Gasteiger partial charge in [-0.05, 0) is 25.1 Å². The Hall–Kier alpha value is -1.11. The molecule has 1 amide bonds.